The second kappa shape index (κ2) is 5.71. The molecule has 2 N–H and O–H groups in total. The largest absolute Gasteiger partial charge is 0.477 e. The van der Waals surface area contributed by atoms with E-state index in [1.165, 1.54) is 10.6 Å². The van der Waals surface area contributed by atoms with Crippen molar-refractivity contribution in [2.24, 2.45) is 0 Å². The van der Waals surface area contributed by atoms with Crippen molar-refractivity contribution >= 4 is 5.97 Å². The normalized spacial score (nSPS) is 10.5. The summed E-state index contributed by atoms with van der Waals surface area (Å²) < 4.78 is 1.43. The molecule has 1 aromatic carbocycles. The SMILES string of the molecule is Cc1ccc(C(=O)O)c(=O)n1Cc1ccc(CO)cc1. The second-order valence-electron chi connectivity index (χ2n) is 4.56. The molecule has 0 unspecified atom stereocenters. The highest BCUT2D eigenvalue weighted by Gasteiger charge is 2.12. The first-order valence-electron chi connectivity index (χ1n) is 6.15. The lowest BCUT2D eigenvalue weighted by Gasteiger charge is -2.11. The average Bonchev–Trinajstić information content (AvgIpc) is 2.43. The highest BCUT2D eigenvalue weighted by atomic mass is 16.4. The number of aliphatic hydroxyl groups excluding tert-OH is 1. The average molecular weight is 273 g/mol. The monoisotopic (exact) mass is 273 g/mol. The Morgan fingerprint density at radius 1 is 1.10 bits per heavy atom. The summed E-state index contributed by atoms with van der Waals surface area (Å²) in [7, 11) is 0. The van der Waals surface area contributed by atoms with Gasteiger partial charge in [-0.3, -0.25) is 4.79 Å². The number of carboxylic acids is 1. The first-order chi connectivity index (χ1) is 9.52. The molecule has 0 fully saturated rings. The number of carboxylic acid groups (broad SMARTS) is 1. The fraction of sp³-hybridized carbons (Fsp3) is 0.200. The van der Waals surface area contributed by atoms with Gasteiger partial charge >= 0.3 is 5.97 Å². The first-order valence-corrected chi connectivity index (χ1v) is 6.15. The molecule has 5 nitrogen and oxygen atoms in total. The maximum Gasteiger partial charge on any atom is 0.341 e. The molecule has 0 radical (unpaired) electrons. The molecule has 0 atom stereocenters. The minimum absolute atomic E-state index is 0.0340. The molecule has 5 heteroatoms. The van der Waals surface area contributed by atoms with Crippen LogP contribution in [0.15, 0.2) is 41.2 Å². The number of nitrogens with zero attached hydrogens (tertiary/aromatic N) is 1. The molecule has 0 aliphatic rings. The Morgan fingerprint density at radius 3 is 2.25 bits per heavy atom. The van der Waals surface area contributed by atoms with E-state index in [1.54, 1.807) is 25.1 Å². The van der Waals surface area contributed by atoms with Crippen molar-refractivity contribution in [1.29, 1.82) is 0 Å². The number of aromatic nitrogens is 1. The van der Waals surface area contributed by atoms with Gasteiger partial charge in [0.05, 0.1) is 13.2 Å². The van der Waals surface area contributed by atoms with Crippen LogP contribution in [0.4, 0.5) is 0 Å². The van der Waals surface area contributed by atoms with Crippen molar-refractivity contribution in [2.45, 2.75) is 20.1 Å². The molecule has 2 aromatic rings. The van der Waals surface area contributed by atoms with Gasteiger partial charge in [0.1, 0.15) is 5.56 Å². The Balaban J connectivity index is 2.39. The topological polar surface area (TPSA) is 79.5 Å². The molecule has 104 valence electrons. The number of aromatic carboxylic acids is 1. The van der Waals surface area contributed by atoms with Crippen LogP contribution in [0.2, 0.25) is 0 Å². The summed E-state index contributed by atoms with van der Waals surface area (Å²) in [5, 5.41) is 18.0. The lowest BCUT2D eigenvalue weighted by atomic mass is 10.1. The molecule has 2 rings (SSSR count). The number of carbonyl (C=O) groups is 1. The molecule has 0 spiro atoms. The maximum atomic E-state index is 12.1. The van der Waals surface area contributed by atoms with Crippen LogP contribution < -0.4 is 5.56 Å². The van der Waals surface area contributed by atoms with Gasteiger partial charge in [0, 0.05) is 5.69 Å². The van der Waals surface area contributed by atoms with Crippen LogP contribution in [0.3, 0.4) is 0 Å². The van der Waals surface area contributed by atoms with Crippen LogP contribution in [0.1, 0.15) is 27.2 Å². The summed E-state index contributed by atoms with van der Waals surface area (Å²) in [6.45, 7) is 2.03. The van der Waals surface area contributed by atoms with Crippen LogP contribution >= 0.6 is 0 Å². The van der Waals surface area contributed by atoms with Gasteiger partial charge < -0.3 is 14.8 Å². The smallest absolute Gasteiger partial charge is 0.341 e. The van der Waals surface area contributed by atoms with Gasteiger partial charge in [0.2, 0.25) is 0 Å². The molecule has 0 amide bonds. The summed E-state index contributed by atoms with van der Waals surface area (Å²) >= 11 is 0. The van der Waals surface area contributed by atoms with Crippen LogP contribution in [0, 0.1) is 6.92 Å². The number of hydrogen-bond donors (Lipinski definition) is 2. The van der Waals surface area contributed by atoms with Gasteiger partial charge in [-0.1, -0.05) is 24.3 Å². The van der Waals surface area contributed by atoms with E-state index in [2.05, 4.69) is 0 Å². The van der Waals surface area contributed by atoms with Gasteiger partial charge in [0.25, 0.3) is 5.56 Å². The standard InChI is InChI=1S/C15H15NO4/c1-10-2-7-13(15(19)20)14(18)16(10)8-11-3-5-12(9-17)6-4-11/h2-7,17H,8-9H2,1H3,(H,19,20). The Morgan fingerprint density at radius 2 is 1.70 bits per heavy atom. The number of benzene rings is 1. The van der Waals surface area contributed by atoms with Gasteiger partial charge in [-0.2, -0.15) is 0 Å². The van der Waals surface area contributed by atoms with Crippen LogP contribution in [-0.4, -0.2) is 20.7 Å². The molecule has 0 aliphatic carbocycles. The number of aryl methyl sites for hydroxylation is 1. The van der Waals surface area contributed by atoms with Gasteiger partial charge in [-0.05, 0) is 30.2 Å². The lowest BCUT2D eigenvalue weighted by Crippen LogP contribution is -2.28. The van der Waals surface area contributed by atoms with Crippen molar-refractivity contribution in [1.82, 2.24) is 4.57 Å². The van der Waals surface area contributed by atoms with Crippen molar-refractivity contribution in [2.75, 3.05) is 0 Å². The lowest BCUT2D eigenvalue weighted by molar-refractivity contribution is 0.0694. The minimum atomic E-state index is -1.22. The third-order valence-electron chi connectivity index (χ3n) is 3.17. The molecular weight excluding hydrogens is 258 g/mol. The quantitative estimate of drug-likeness (QED) is 0.882. The highest BCUT2D eigenvalue weighted by molar-refractivity contribution is 5.87. The molecule has 0 saturated carbocycles. The minimum Gasteiger partial charge on any atom is -0.477 e. The molecule has 0 aliphatic heterocycles. The van der Waals surface area contributed by atoms with E-state index < -0.39 is 11.5 Å². The van der Waals surface area contributed by atoms with E-state index in [1.807, 2.05) is 12.1 Å². The zero-order valence-electron chi connectivity index (χ0n) is 11.0. The summed E-state index contributed by atoms with van der Waals surface area (Å²) in [4.78, 5) is 23.1. The Kier molecular flexibility index (Phi) is 4.00. The Labute approximate surface area is 115 Å². The third-order valence-corrected chi connectivity index (χ3v) is 3.17. The van der Waals surface area contributed by atoms with Crippen molar-refractivity contribution in [3.63, 3.8) is 0 Å². The number of hydrogen-bond acceptors (Lipinski definition) is 3. The van der Waals surface area contributed by atoms with Crippen LogP contribution in [-0.2, 0) is 13.2 Å². The molecule has 1 aromatic heterocycles. The predicted molar refractivity (Wildman–Crippen MR) is 73.9 cm³/mol. The molecule has 20 heavy (non-hydrogen) atoms. The maximum absolute atomic E-state index is 12.1. The zero-order chi connectivity index (χ0) is 14.7. The number of rotatable bonds is 4. The van der Waals surface area contributed by atoms with E-state index in [0.717, 1.165) is 11.1 Å². The van der Waals surface area contributed by atoms with Gasteiger partial charge in [-0.15, -0.1) is 0 Å². The van der Waals surface area contributed by atoms with E-state index in [0.29, 0.717) is 12.2 Å². The van der Waals surface area contributed by atoms with Crippen molar-refractivity contribution in [3.8, 4) is 0 Å². The van der Waals surface area contributed by atoms with Gasteiger partial charge in [-0.25, -0.2) is 4.79 Å². The predicted octanol–water partition coefficient (Wildman–Crippen LogP) is 1.40. The second-order valence-corrected chi connectivity index (χ2v) is 4.56. The molecule has 0 saturated heterocycles. The Bertz CT molecular complexity index is 686. The van der Waals surface area contributed by atoms with E-state index in [9.17, 15) is 9.59 Å². The Hall–Kier alpha value is -2.40. The fourth-order valence-corrected chi connectivity index (χ4v) is 1.96. The van der Waals surface area contributed by atoms with E-state index >= 15 is 0 Å². The van der Waals surface area contributed by atoms with E-state index in [-0.39, 0.29) is 12.2 Å². The number of pyridine rings is 1. The van der Waals surface area contributed by atoms with Gasteiger partial charge in [0.15, 0.2) is 0 Å². The van der Waals surface area contributed by atoms with Crippen molar-refractivity contribution < 1.29 is 15.0 Å². The van der Waals surface area contributed by atoms with Crippen LogP contribution in [0.25, 0.3) is 0 Å². The fourth-order valence-electron chi connectivity index (χ4n) is 1.96. The third kappa shape index (κ3) is 2.78. The molecule has 1 heterocycles. The highest BCUT2D eigenvalue weighted by Crippen LogP contribution is 2.08. The molecular formula is C15H15NO4. The molecule has 0 bridgehead atoms. The summed E-state index contributed by atoms with van der Waals surface area (Å²) in [6.07, 6.45) is 0. The zero-order valence-corrected chi connectivity index (χ0v) is 11.0. The summed E-state index contributed by atoms with van der Waals surface area (Å²) in [5.74, 6) is -1.22. The summed E-state index contributed by atoms with van der Waals surface area (Å²) in [6, 6.07) is 10.1. The first kappa shape index (κ1) is 14.0. The summed E-state index contributed by atoms with van der Waals surface area (Å²) in [5.41, 5.74) is 1.62. The van der Waals surface area contributed by atoms with E-state index in [4.69, 9.17) is 10.2 Å². The van der Waals surface area contributed by atoms with Crippen LogP contribution in [0.5, 0.6) is 0 Å². The van der Waals surface area contributed by atoms with Crippen molar-refractivity contribution in [3.05, 3.63) is 69.1 Å². The number of aliphatic hydroxyl groups is 1.